The molecule has 0 spiro atoms. The molecule has 0 aromatic carbocycles. The lowest BCUT2D eigenvalue weighted by Gasteiger charge is -2.26. The molecule has 0 aliphatic heterocycles. The number of anilines is 1. The summed E-state index contributed by atoms with van der Waals surface area (Å²) >= 11 is 0. The number of nitrogens with one attached hydrogen (secondary N) is 2. The van der Waals surface area contributed by atoms with Crippen molar-refractivity contribution in [1.82, 2.24) is 10.2 Å². The molecular weight excluding hydrogens is 204 g/mol. The molecule has 88 valence electrons. The van der Waals surface area contributed by atoms with E-state index >= 15 is 0 Å². The van der Waals surface area contributed by atoms with E-state index in [0.717, 1.165) is 25.0 Å². The molecule has 0 saturated heterocycles. The molecule has 0 bridgehead atoms. The lowest BCUT2D eigenvalue weighted by molar-refractivity contribution is -0.125. The van der Waals surface area contributed by atoms with Crippen LogP contribution in [-0.2, 0) is 4.79 Å². The Bertz CT molecular complexity index is 400. The maximum absolute atomic E-state index is 12.1. The number of hydrogen-bond donors (Lipinski definition) is 3. The Morgan fingerprint density at radius 1 is 1.75 bits per heavy atom. The van der Waals surface area contributed by atoms with Crippen LogP contribution in [0, 0.1) is 12.3 Å². The highest BCUT2D eigenvalue weighted by Crippen LogP contribution is 2.37. The topological polar surface area (TPSA) is 83.8 Å². The van der Waals surface area contributed by atoms with Gasteiger partial charge in [0.1, 0.15) is 0 Å². The van der Waals surface area contributed by atoms with Gasteiger partial charge in [0.25, 0.3) is 0 Å². The summed E-state index contributed by atoms with van der Waals surface area (Å²) in [5, 5.41) is 9.59. The van der Waals surface area contributed by atoms with Gasteiger partial charge in [-0.25, -0.2) is 0 Å². The van der Waals surface area contributed by atoms with Gasteiger partial charge in [-0.2, -0.15) is 5.10 Å². The molecule has 1 saturated carbocycles. The van der Waals surface area contributed by atoms with Gasteiger partial charge in [-0.1, -0.05) is 6.42 Å². The van der Waals surface area contributed by atoms with E-state index in [9.17, 15) is 4.79 Å². The molecule has 16 heavy (non-hydrogen) atoms. The van der Waals surface area contributed by atoms with Crippen LogP contribution in [0.2, 0.25) is 0 Å². The fraction of sp³-hybridized carbons (Fsp3) is 0.636. The standard InChI is InChI=1S/C11H18N4O/c1-7-6-9(15-14-7)13-10(16)11(2)5-3-4-8(11)12/h6,8H,3-5,12H2,1-2H3,(H2,13,14,15,16). The number of H-pyrrole nitrogens is 1. The van der Waals surface area contributed by atoms with E-state index in [1.807, 2.05) is 19.9 Å². The zero-order chi connectivity index (χ0) is 11.8. The van der Waals surface area contributed by atoms with Gasteiger partial charge in [-0.3, -0.25) is 9.89 Å². The number of carbonyl (C=O) groups excluding carboxylic acids is 1. The highest BCUT2D eigenvalue weighted by Gasteiger charge is 2.43. The number of nitrogens with zero attached hydrogens (tertiary/aromatic N) is 1. The van der Waals surface area contributed by atoms with Crippen molar-refractivity contribution in [2.45, 2.75) is 39.2 Å². The van der Waals surface area contributed by atoms with Crippen molar-refractivity contribution in [2.24, 2.45) is 11.1 Å². The van der Waals surface area contributed by atoms with E-state index in [1.54, 1.807) is 0 Å². The maximum atomic E-state index is 12.1. The lowest BCUT2D eigenvalue weighted by atomic mass is 9.84. The molecule has 5 heteroatoms. The first-order valence-electron chi connectivity index (χ1n) is 5.61. The van der Waals surface area contributed by atoms with Gasteiger partial charge in [-0.15, -0.1) is 0 Å². The Morgan fingerprint density at radius 2 is 2.50 bits per heavy atom. The van der Waals surface area contributed by atoms with Gasteiger partial charge in [0, 0.05) is 17.8 Å². The van der Waals surface area contributed by atoms with Crippen LogP contribution >= 0.6 is 0 Å². The second-order valence-electron chi connectivity index (χ2n) is 4.81. The summed E-state index contributed by atoms with van der Waals surface area (Å²) in [6.07, 6.45) is 2.79. The summed E-state index contributed by atoms with van der Waals surface area (Å²) in [7, 11) is 0. The van der Waals surface area contributed by atoms with Gasteiger partial charge in [0.15, 0.2) is 5.82 Å². The molecule has 1 aliphatic carbocycles. The first-order chi connectivity index (χ1) is 7.52. The second kappa shape index (κ2) is 3.90. The highest BCUT2D eigenvalue weighted by atomic mass is 16.2. The third-order valence-corrected chi connectivity index (χ3v) is 3.50. The van der Waals surface area contributed by atoms with E-state index in [4.69, 9.17) is 5.73 Å². The number of nitrogens with two attached hydrogens (primary N) is 1. The smallest absolute Gasteiger partial charge is 0.233 e. The summed E-state index contributed by atoms with van der Waals surface area (Å²) < 4.78 is 0. The molecule has 2 atom stereocenters. The summed E-state index contributed by atoms with van der Waals surface area (Å²) in [4.78, 5) is 12.1. The lowest BCUT2D eigenvalue weighted by Crippen LogP contribution is -2.44. The van der Waals surface area contributed by atoms with E-state index < -0.39 is 5.41 Å². The number of aryl methyl sites for hydroxylation is 1. The third kappa shape index (κ3) is 1.82. The van der Waals surface area contributed by atoms with Gasteiger partial charge in [0.05, 0.1) is 5.41 Å². The van der Waals surface area contributed by atoms with Gasteiger partial charge < -0.3 is 11.1 Å². The van der Waals surface area contributed by atoms with Crippen molar-refractivity contribution in [3.05, 3.63) is 11.8 Å². The van der Waals surface area contributed by atoms with Crippen molar-refractivity contribution in [2.75, 3.05) is 5.32 Å². The number of rotatable bonds is 2. The minimum atomic E-state index is -0.452. The molecule has 5 nitrogen and oxygen atoms in total. The zero-order valence-corrected chi connectivity index (χ0v) is 9.71. The average molecular weight is 222 g/mol. The van der Waals surface area contributed by atoms with Crippen molar-refractivity contribution in [3.8, 4) is 0 Å². The molecule has 1 aromatic heterocycles. The van der Waals surface area contributed by atoms with E-state index in [-0.39, 0.29) is 11.9 Å². The molecule has 1 amide bonds. The summed E-state index contributed by atoms with van der Waals surface area (Å²) in [6, 6.07) is 1.76. The van der Waals surface area contributed by atoms with Crippen molar-refractivity contribution in [3.63, 3.8) is 0 Å². The SMILES string of the molecule is Cc1cc(NC(=O)C2(C)CCCC2N)n[nH]1. The Labute approximate surface area is 94.8 Å². The van der Waals surface area contributed by atoms with Crippen LogP contribution in [0.1, 0.15) is 31.9 Å². The van der Waals surface area contributed by atoms with Crippen LogP contribution in [-0.4, -0.2) is 22.1 Å². The van der Waals surface area contributed by atoms with E-state index in [0.29, 0.717) is 5.82 Å². The zero-order valence-electron chi connectivity index (χ0n) is 9.71. The molecule has 4 N–H and O–H groups in total. The van der Waals surface area contributed by atoms with Crippen LogP contribution in [0.15, 0.2) is 6.07 Å². The number of aromatic nitrogens is 2. The second-order valence-corrected chi connectivity index (χ2v) is 4.81. The number of aromatic amines is 1. The molecule has 0 radical (unpaired) electrons. The summed E-state index contributed by atoms with van der Waals surface area (Å²) in [5.74, 6) is 0.548. The van der Waals surface area contributed by atoms with Crippen LogP contribution < -0.4 is 11.1 Å². The molecule has 2 rings (SSSR count). The quantitative estimate of drug-likeness (QED) is 0.702. The highest BCUT2D eigenvalue weighted by molar-refractivity contribution is 5.95. The molecule has 1 fully saturated rings. The van der Waals surface area contributed by atoms with Crippen LogP contribution in [0.3, 0.4) is 0 Å². The monoisotopic (exact) mass is 222 g/mol. The van der Waals surface area contributed by atoms with Gasteiger partial charge in [-0.05, 0) is 26.7 Å². The van der Waals surface area contributed by atoms with Crippen molar-refractivity contribution >= 4 is 11.7 Å². The van der Waals surface area contributed by atoms with Crippen molar-refractivity contribution in [1.29, 1.82) is 0 Å². The maximum Gasteiger partial charge on any atom is 0.233 e. The van der Waals surface area contributed by atoms with Gasteiger partial charge >= 0.3 is 0 Å². The van der Waals surface area contributed by atoms with Crippen LogP contribution in [0.5, 0.6) is 0 Å². The molecular formula is C11H18N4O. The summed E-state index contributed by atoms with van der Waals surface area (Å²) in [5.41, 5.74) is 6.46. The normalized spacial score (nSPS) is 29.3. The Morgan fingerprint density at radius 3 is 3.00 bits per heavy atom. The van der Waals surface area contributed by atoms with E-state index in [2.05, 4.69) is 15.5 Å². The minimum absolute atomic E-state index is 0.0241. The number of amides is 1. The molecule has 1 aromatic rings. The average Bonchev–Trinajstić information content (AvgIpc) is 2.76. The summed E-state index contributed by atoms with van der Waals surface area (Å²) in [6.45, 7) is 3.82. The number of hydrogen-bond acceptors (Lipinski definition) is 3. The molecule has 1 heterocycles. The van der Waals surface area contributed by atoms with E-state index in [1.165, 1.54) is 0 Å². The van der Waals surface area contributed by atoms with Crippen LogP contribution in [0.25, 0.3) is 0 Å². The first kappa shape index (κ1) is 11.1. The van der Waals surface area contributed by atoms with Gasteiger partial charge in [0.2, 0.25) is 5.91 Å². The molecule has 1 aliphatic rings. The fourth-order valence-corrected chi connectivity index (χ4v) is 2.22. The third-order valence-electron chi connectivity index (χ3n) is 3.50. The predicted molar refractivity (Wildman–Crippen MR) is 61.9 cm³/mol. The Balaban J connectivity index is 2.08. The first-order valence-corrected chi connectivity index (χ1v) is 5.61. The number of carbonyl (C=O) groups is 1. The van der Waals surface area contributed by atoms with Crippen LogP contribution in [0.4, 0.5) is 5.82 Å². The largest absolute Gasteiger partial charge is 0.327 e. The molecule has 2 unspecified atom stereocenters. The Kier molecular flexibility index (Phi) is 2.71. The Hall–Kier alpha value is -1.36. The minimum Gasteiger partial charge on any atom is -0.327 e. The van der Waals surface area contributed by atoms with Crippen molar-refractivity contribution < 1.29 is 4.79 Å². The predicted octanol–water partition coefficient (Wildman–Crippen LogP) is 1.17. The fourth-order valence-electron chi connectivity index (χ4n) is 2.22.